The minimum Gasteiger partial charge on any atom is -0.503 e. The van der Waals surface area contributed by atoms with Gasteiger partial charge in [-0.15, -0.1) is 0 Å². The summed E-state index contributed by atoms with van der Waals surface area (Å²) in [5, 5.41) is 14.5. The Morgan fingerprint density at radius 3 is 2.38 bits per heavy atom. The first kappa shape index (κ1) is 23.9. The molecule has 0 spiro atoms. The molecule has 0 bridgehead atoms. The Morgan fingerprint density at radius 2 is 1.70 bits per heavy atom. The van der Waals surface area contributed by atoms with Gasteiger partial charge >= 0.3 is 0 Å². The molecule has 0 radical (unpaired) electrons. The predicted octanol–water partition coefficient (Wildman–Crippen LogP) is 5.24. The summed E-state index contributed by atoms with van der Waals surface area (Å²) < 4.78 is 5.79. The second kappa shape index (κ2) is 9.31. The van der Waals surface area contributed by atoms with Gasteiger partial charge in [0.05, 0.1) is 11.6 Å². The molecule has 0 aliphatic carbocycles. The Bertz CT molecular complexity index is 1530. The lowest BCUT2D eigenvalue weighted by atomic mass is 9.94. The van der Waals surface area contributed by atoms with Gasteiger partial charge in [-0.1, -0.05) is 36.4 Å². The number of carbonyl (C=O) groups excluding carboxylic acids is 3. The van der Waals surface area contributed by atoms with E-state index in [0.717, 1.165) is 11.1 Å². The van der Waals surface area contributed by atoms with E-state index in [0.29, 0.717) is 22.5 Å². The Hall–Kier alpha value is -4.85. The zero-order valence-corrected chi connectivity index (χ0v) is 20.6. The van der Waals surface area contributed by atoms with Gasteiger partial charge < -0.3 is 19.7 Å². The highest BCUT2D eigenvalue weighted by atomic mass is 16.3. The van der Waals surface area contributed by atoms with E-state index < -0.39 is 23.5 Å². The first-order chi connectivity index (χ1) is 17.7. The molecule has 2 amide bonds. The van der Waals surface area contributed by atoms with Crippen LogP contribution in [0.15, 0.2) is 94.6 Å². The quantitative estimate of drug-likeness (QED) is 0.355. The van der Waals surface area contributed by atoms with E-state index in [1.54, 1.807) is 42.5 Å². The van der Waals surface area contributed by atoms with Crippen LogP contribution in [-0.4, -0.2) is 36.8 Å². The summed E-state index contributed by atoms with van der Waals surface area (Å²) in [4.78, 5) is 42.1. The predicted molar refractivity (Wildman–Crippen MR) is 142 cm³/mol. The lowest BCUT2D eigenvalue weighted by molar-refractivity contribution is -0.117. The van der Waals surface area contributed by atoms with Crippen molar-refractivity contribution in [1.82, 2.24) is 0 Å². The fraction of sp³-hybridized carbons (Fsp3) is 0.138. The standard InChI is InChI=1S/C29H25N3O5/c1-17(33)30-20-8-6-9-22(16-20)32-26(18-11-13-21(14-12-18)31(2)3)25(28(35)29(32)36)27(34)24-15-19-7-4-5-10-23(19)37-24/h4-16,26,35H,1-3H3,(H,30,33). The van der Waals surface area contributed by atoms with Crippen LogP contribution in [0.2, 0.25) is 0 Å². The molecule has 37 heavy (non-hydrogen) atoms. The number of fused-ring (bicyclic) bond motifs is 1. The van der Waals surface area contributed by atoms with Crippen LogP contribution in [0.1, 0.15) is 29.1 Å². The van der Waals surface area contributed by atoms with Crippen LogP contribution in [0.25, 0.3) is 11.0 Å². The molecule has 2 N–H and O–H groups in total. The van der Waals surface area contributed by atoms with Gasteiger partial charge in [0.2, 0.25) is 11.7 Å². The zero-order valence-electron chi connectivity index (χ0n) is 20.6. The van der Waals surface area contributed by atoms with Crippen molar-refractivity contribution in [3.8, 4) is 0 Å². The van der Waals surface area contributed by atoms with Crippen LogP contribution in [0.5, 0.6) is 0 Å². The number of amides is 2. The zero-order chi connectivity index (χ0) is 26.3. The minimum atomic E-state index is -0.919. The molecule has 1 aliphatic heterocycles. The summed E-state index contributed by atoms with van der Waals surface area (Å²) in [5.41, 5.74) is 2.92. The van der Waals surface area contributed by atoms with Crippen molar-refractivity contribution in [3.63, 3.8) is 0 Å². The second-order valence-corrected chi connectivity index (χ2v) is 9.04. The van der Waals surface area contributed by atoms with Crippen molar-refractivity contribution in [2.75, 3.05) is 29.2 Å². The first-order valence-electron chi connectivity index (χ1n) is 11.7. The maximum atomic E-state index is 13.8. The summed E-state index contributed by atoms with van der Waals surface area (Å²) in [5.74, 6) is -2.18. The van der Waals surface area contributed by atoms with E-state index in [9.17, 15) is 19.5 Å². The van der Waals surface area contributed by atoms with Crippen LogP contribution >= 0.6 is 0 Å². The Morgan fingerprint density at radius 1 is 0.973 bits per heavy atom. The van der Waals surface area contributed by atoms with E-state index in [2.05, 4.69) is 5.32 Å². The molecule has 186 valence electrons. The summed E-state index contributed by atoms with van der Waals surface area (Å²) in [6.07, 6.45) is 0. The van der Waals surface area contributed by atoms with Crippen molar-refractivity contribution < 1.29 is 23.9 Å². The lowest BCUT2D eigenvalue weighted by Crippen LogP contribution is -2.31. The van der Waals surface area contributed by atoms with E-state index in [-0.39, 0.29) is 17.2 Å². The molecule has 3 aromatic carbocycles. The molecule has 1 aliphatic rings. The van der Waals surface area contributed by atoms with E-state index in [4.69, 9.17) is 4.42 Å². The molecule has 8 nitrogen and oxygen atoms in total. The molecular weight excluding hydrogens is 470 g/mol. The van der Waals surface area contributed by atoms with E-state index in [1.165, 1.54) is 11.8 Å². The normalized spacial score (nSPS) is 15.4. The van der Waals surface area contributed by atoms with Crippen molar-refractivity contribution >= 4 is 45.6 Å². The molecule has 8 heteroatoms. The van der Waals surface area contributed by atoms with Crippen LogP contribution in [0, 0.1) is 0 Å². The van der Waals surface area contributed by atoms with E-state index >= 15 is 0 Å². The highest BCUT2D eigenvalue weighted by molar-refractivity contribution is 6.20. The molecule has 0 saturated carbocycles. The average Bonchev–Trinajstić information content (AvgIpc) is 3.42. The second-order valence-electron chi connectivity index (χ2n) is 9.04. The SMILES string of the molecule is CC(=O)Nc1cccc(N2C(=O)C(O)=C(C(=O)c3cc4ccccc4o3)C2c2ccc(N(C)C)cc2)c1. The molecule has 1 atom stereocenters. The van der Waals surface area contributed by atoms with Crippen molar-refractivity contribution in [1.29, 1.82) is 0 Å². The number of nitrogens with one attached hydrogen (secondary N) is 1. The summed E-state index contributed by atoms with van der Waals surface area (Å²) in [6, 6.07) is 22.0. The molecular formula is C29H25N3O5. The molecule has 0 saturated heterocycles. The summed E-state index contributed by atoms with van der Waals surface area (Å²) in [7, 11) is 3.83. The summed E-state index contributed by atoms with van der Waals surface area (Å²) in [6.45, 7) is 1.39. The Kier molecular flexibility index (Phi) is 6.01. The first-order valence-corrected chi connectivity index (χ1v) is 11.7. The number of furan rings is 1. The van der Waals surface area contributed by atoms with Gasteiger partial charge in [0.1, 0.15) is 5.58 Å². The smallest absolute Gasteiger partial charge is 0.294 e. The van der Waals surface area contributed by atoms with Gasteiger partial charge in [0.15, 0.2) is 11.5 Å². The number of nitrogens with zero attached hydrogens (tertiary/aromatic N) is 2. The topological polar surface area (TPSA) is 103 Å². The van der Waals surface area contributed by atoms with Gasteiger partial charge in [-0.25, -0.2) is 0 Å². The number of anilines is 3. The van der Waals surface area contributed by atoms with Gasteiger partial charge in [-0.05, 0) is 48.0 Å². The monoisotopic (exact) mass is 495 g/mol. The van der Waals surface area contributed by atoms with Gasteiger partial charge in [-0.3, -0.25) is 19.3 Å². The maximum absolute atomic E-state index is 13.8. The third-order valence-electron chi connectivity index (χ3n) is 6.27. The summed E-state index contributed by atoms with van der Waals surface area (Å²) >= 11 is 0. The van der Waals surface area contributed by atoms with Crippen molar-refractivity contribution in [2.24, 2.45) is 0 Å². The maximum Gasteiger partial charge on any atom is 0.294 e. The number of aliphatic hydroxyl groups is 1. The van der Waals surface area contributed by atoms with Crippen LogP contribution in [0.3, 0.4) is 0 Å². The highest BCUT2D eigenvalue weighted by Gasteiger charge is 2.45. The number of carbonyl (C=O) groups is 3. The van der Waals surface area contributed by atoms with Crippen molar-refractivity contribution in [2.45, 2.75) is 13.0 Å². The highest BCUT2D eigenvalue weighted by Crippen LogP contribution is 2.43. The number of hydrogen-bond donors (Lipinski definition) is 2. The third-order valence-corrected chi connectivity index (χ3v) is 6.27. The van der Waals surface area contributed by atoms with Crippen LogP contribution in [-0.2, 0) is 9.59 Å². The largest absolute Gasteiger partial charge is 0.503 e. The average molecular weight is 496 g/mol. The molecule has 1 unspecified atom stereocenters. The number of benzene rings is 3. The number of hydrogen-bond acceptors (Lipinski definition) is 6. The van der Waals surface area contributed by atoms with Gasteiger partial charge in [0, 0.05) is 43.5 Å². The number of ketones is 1. The number of aliphatic hydroxyl groups excluding tert-OH is 1. The van der Waals surface area contributed by atoms with Gasteiger partial charge in [-0.2, -0.15) is 0 Å². The van der Waals surface area contributed by atoms with Crippen LogP contribution in [0.4, 0.5) is 17.1 Å². The lowest BCUT2D eigenvalue weighted by Gasteiger charge is -2.27. The van der Waals surface area contributed by atoms with Crippen LogP contribution < -0.4 is 15.1 Å². The third kappa shape index (κ3) is 4.33. The molecule has 5 rings (SSSR count). The number of para-hydroxylation sites is 1. The Balaban J connectivity index is 1.64. The minimum absolute atomic E-state index is 0.0271. The van der Waals surface area contributed by atoms with Gasteiger partial charge in [0.25, 0.3) is 5.91 Å². The fourth-order valence-corrected chi connectivity index (χ4v) is 4.54. The molecule has 4 aromatic rings. The molecule has 1 aromatic heterocycles. The number of rotatable bonds is 6. The Labute approximate surface area is 213 Å². The number of Topliss-reactive ketones (excluding diaryl/α,β-unsaturated/α-hetero) is 1. The molecule has 0 fully saturated rings. The van der Waals surface area contributed by atoms with Crippen molar-refractivity contribution in [3.05, 3.63) is 102 Å². The molecule has 2 heterocycles. The van der Waals surface area contributed by atoms with E-state index in [1.807, 2.05) is 55.4 Å². The fourth-order valence-electron chi connectivity index (χ4n) is 4.54.